The van der Waals surface area contributed by atoms with Gasteiger partial charge in [-0.1, -0.05) is 30.3 Å². The van der Waals surface area contributed by atoms with Gasteiger partial charge in [0.2, 0.25) is 0 Å². The Hall–Kier alpha value is -1.47. The van der Waals surface area contributed by atoms with Crippen LogP contribution in [0.5, 0.6) is 0 Å². The number of hydrogen-bond donors (Lipinski definition) is 0. The molecule has 0 fully saturated rings. The van der Waals surface area contributed by atoms with Gasteiger partial charge in [0, 0.05) is 5.56 Å². The summed E-state index contributed by atoms with van der Waals surface area (Å²) >= 11 is 6.10. The van der Waals surface area contributed by atoms with Crippen LogP contribution in [0.2, 0.25) is 5.02 Å². The summed E-state index contributed by atoms with van der Waals surface area (Å²) in [6.45, 7) is 5.64. The number of hydrogen-bond acceptors (Lipinski definition) is 1. The topological polar surface area (TPSA) is 13.1 Å². The fourth-order valence-corrected chi connectivity index (χ4v) is 1.65. The molecule has 2 heteroatoms. The summed E-state index contributed by atoms with van der Waals surface area (Å²) in [6, 6.07) is 9.59. The molecule has 2 aromatic rings. The number of rotatable bonds is 2. The van der Waals surface area contributed by atoms with Gasteiger partial charge in [0.1, 0.15) is 11.5 Å². The molecule has 0 amide bonds. The molecule has 0 aliphatic heterocycles. The Morgan fingerprint density at radius 1 is 1.27 bits per heavy atom. The smallest absolute Gasteiger partial charge is 0.135 e. The molecule has 1 aromatic carbocycles. The maximum Gasteiger partial charge on any atom is 0.135 e. The van der Waals surface area contributed by atoms with Crippen LogP contribution in [0.15, 0.2) is 41.3 Å². The van der Waals surface area contributed by atoms with E-state index in [1.54, 1.807) is 6.08 Å². The van der Waals surface area contributed by atoms with Crippen molar-refractivity contribution in [2.75, 3.05) is 0 Å². The summed E-state index contributed by atoms with van der Waals surface area (Å²) in [4.78, 5) is 0. The average molecular weight is 219 g/mol. The third kappa shape index (κ3) is 1.97. The number of aryl methyl sites for hydroxylation is 1. The quantitative estimate of drug-likeness (QED) is 0.721. The Kier molecular flexibility index (Phi) is 2.65. The lowest BCUT2D eigenvalue weighted by molar-refractivity contribution is 0.548. The maximum absolute atomic E-state index is 6.10. The first-order chi connectivity index (χ1) is 7.20. The lowest BCUT2D eigenvalue weighted by Crippen LogP contribution is -1.78. The highest BCUT2D eigenvalue weighted by molar-refractivity contribution is 6.33. The number of halogens is 1. The third-order valence-electron chi connectivity index (χ3n) is 2.23. The van der Waals surface area contributed by atoms with E-state index in [0.717, 1.165) is 22.6 Å². The minimum absolute atomic E-state index is 0.690. The highest BCUT2D eigenvalue weighted by atomic mass is 35.5. The van der Waals surface area contributed by atoms with Crippen LogP contribution in [0.4, 0.5) is 0 Å². The molecular formula is C13H11ClO. The first-order valence-electron chi connectivity index (χ1n) is 4.69. The Labute approximate surface area is 94.0 Å². The average Bonchev–Trinajstić information content (AvgIpc) is 2.65. The van der Waals surface area contributed by atoms with Crippen LogP contribution in [-0.2, 0) is 0 Å². The van der Waals surface area contributed by atoms with Crippen LogP contribution in [0, 0.1) is 6.92 Å². The highest BCUT2D eigenvalue weighted by Crippen LogP contribution is 2.30. The monoisotopic (exact) mass is 218 g/mol. The second kappa shape index (κ2) is 3.95. The van der Waals surface area contributed by atoms with Crippen LogP contribution in [0.3, 0.4) is 0 Å². The minimum atomic E-state index is 0.690. The summed E-state index contributed by atoms with van der Waals surface area (Å²) in [6.07, 6.45) is 1.79. The molecule has 0 bridgehead atoms. The van der Waals surface area contributed by atoms with E-state index in [1.165, 1.54) is 0 Å². The van der Waals surface area contributed by atoms with Gasteiger partial charge >= 0.3 is 0 Å². The molecule has 15 heavy (non-hydrogen) atoms. The Balaban J connectivity index is 2.55. The van der Waals surface area contributed by atoms with Crippen LogP contribution in [0.1, 0.15) is 11.3 Å². The second-order valence-electron chi connectivity index (χ2n) is 3.35. The molecule has 1 aromatic heterocycles. The second-order valence-corrected chi connectivity index (χ2v) is 3.76. The van der Waals surface area contributed by atoms with Gasteiger partial charge in [-0.15, -0.1) is 0 Å². The lowest BCUT2D eigenvalue weighted by Gasteiger charge is -2.02. The molecule has 0 N–H and O–H groups in total. The largest absolute Gasteiger partial charge is 0.461 e. The molecule has 1 nitrogen and oxygen atoms in total. The van der Waals surface area contributed by atoms with Crippen molar-refractivity contribution >= 4 is 17.7 Å². The van der Waals surface area contributed by atoms with Gasteiger partial charge in [0.15, 0.2) is 0 Å². The summed E-state index contributed by atoms with van der Waals surface area (Å²) in [5.41, 5.74) is 1.94. The van der Waals surface area contributed by atoms with Crippen LogP contribution >= 0.6 is 11.6 Å². The molecule has 0 saturated carbocycles. The molecule has 0 unspecified atom stereocenters. The van der Waals surface area contributed by atoms with Crippen LogP contribution in [0.25, 0.3) is 17.4 Å². The SMILES string of the molecule is C=Cc1ccc(Cl)c(-c2ccc(C)o2)c1. The normalized spacial score (nSPS) is 10.3. The number of benzene rings is 1. The highest BCUT2D eigenvalue weighted by Gasteiger charge is 2.07. The molecule has 0 atom stereocenters. The van der Waals surface area contributed by atoms with Crippen LogP contribution < -0.4 is 0 Å². The molecule has 0 saturated heterocycles. The molecule has 2 rings (SSSR count). The molecule has 1 heterocycles. The van der Waals surface area contributed by atoms with Gasteiger partial charge in [0.25, 0.3) is 0 Å². The lowest BCUT2D eigenvalue weighted by atomic mass is 10.1. The van der Waals surface area contributed by atoms with Crippen molar-refractivity contribution in [3.05, 3.63) is 53.3 Å². The molecular weight excluding hydrogens is 208 g/mol. The fourth-order valence-electron chi connectivity index (χ4n) is 1.44. The van der Waals surface area contributed by atoms with Crippen molar-refractivity contribution in [1.29, 1.82) is 0 Å². The Morgan fingerprint density at radius 3 is 2.67 bits per heavy atom. The van der Waals surface area contributed by atoms with E-state index < -0.39 is 0 Å². The first-order valence-corrected chi connectivity index (χ1v) is 5.07. The minimum Gasteiger partial charge on any atom is -0.461 e. The fraction of sp³-hybridized carbons (Fsp3) is 0.0769. The molecule has 76 valence electrons. The van der Waals surface area contributed by atoms with E-state index in [-0.39, 0.29) is 0 Å². The summed E-state index contributed by atoms with van der Waals surface area (Å²) in [5, 5.41) is 0.690. The van der Waals surface area contributed by atoms with Crippen molar-refractivity contribution in [3.8, 4) is 11.3 Å². The van der Waals surface area contributed by atoms with Gasteiger partial charge in [-0.3, -0.25) is 0 Å². The number of furan rings is 1. The summed E-state index contributed by atoms with van der Waals surface area (Å²) < 4.78 is 5.53. The van der Waals surface area contributed by atoms with E-state index in [0.29, 0.717) is 5.02 Å². The zero-order chi connectivity index (χ0) is 10.8. The van der Waals surface area contributed by atoms with Gasteiger partial charge in [-0.25, -0.2) is 0 Å². The molecule has 0 aliphatic carbocycles. The van der Waals surface area contributed by atoms with Crippen molar-refractivity contribution < 1.29 is 4.42 Å². The molecule has 0 aliphatic rings. The molecule has 0 radical (unpaired) electrons. The zero-order valence-electron chi connectivity index (χ0n) is 8.46. The standard InChI is InChI=1S/C13H11ClO/c1-3-10-5-6-12(14)11(8-10)13-7-4-9(2)15-13/h3-8H,1H2,2H3. The van der Waals surface area contributed by atoms with E-state index >= 15 is 0 Å². The van der Waals surface area contributed by atoms with Crippen molar-refractivity contribution in [1.82, 2.24) is 0 Å². The van der Waals surface area contributed by atoms with Gasteiger partial charge in [-0.2, -0.15) is 0 Å². The van der Waals surface area contributed by atoms with E-state index in [1.807, 2.05) is 37.3 Å². The van der Waals surface area contributed by atoms with Crippen molar-refractivity contribution in [2.24, 2.45) is 0 Å². The van der Waals surface area contributed by atoms with Gasteiger partial charge in [0.05, 0.1) is 5.02 Å². The van der Waals surface area contributed by atoms with Gasteiger partial charge in [-0.05, 0) is 36.8 Å². The van der Waals surface area contributed by atoms with Gasteiger partial charge < -0.3 is 4.42 Å². The van der Waals surface area contributed by atoms with Crippen molar-refractivity contribution in [3.63, 3.8) is 0 Å². The Bertz CT molecular complexity index is 497. The predicted octanol–water partition coefficient (Wildman–Crippen LogP) is 4.55. The van der Waals surface area contributed by atoms with Crippen LogP contribution in [-0.4, -0.2) is 0 Å². The summed E-state index contributed by atoms with van der Waals surface area (Å²) in [5.74, 6) is 1.67. The van der Waals surface area contributed by atoms with E-state index in [9.17, 15) is 0 Å². The Morgan fingerprint density at radius 2 is 2.07 bits per heavy atom. The van der Waals surface area contributed by atoms with E-state index in [2.05, 4.69) is 6.58 Å². The summed E-state index contributed by atoms with van der Waals surface area (Å²) in [7, 11) is 0. The predicted molar refractivity (Wildman–Crippen MR) is 64.0 cm³/mol. The molecule has 0 spiro atoms. The first kappa shape index (κ1) is 10.1. The van der Waals surface area contributed by atoms with Crippen molar-refractivity contribution in [2.45, 2.75) is 6.92 Å². The van der Waals surface area contributed by atoms with E-state index in [4.69, 9.17) is 16.0 Å². The maximum atomic E-state index is 6.10. The zero-order valence-corrected chi connectivity index (χ0v) is 9.21. The third-order valence-corrected chi connectivity index (χ3v) is 2.56.